The summed E-state index contributed by atoms with van der Waals surface area (Å²) in [7, 11) is 1.89. The molecule has 0 aliphatic rings. The van der Waals surface area contributed by atoms with Crippen molar-refractivity contribution in [3.63, 3.8) is 0 Å². The van der Waals surface area contributed by atoms with Crippen LogP contribution in [0.1, 0.15) is 16.8 Å². The minimum Gasteiger partial charge on any atom is -0.478 e. The van der Waals surface area contributed by atoms with Crippen LogP contribution in [-0.2, 0) is 0 Å². The second kappa shape index (κ2) is 6.03. The lowest BCUT2D eigenvalue weighted by molar-refractivity contribution is 0.0698. The fraction of sp³-hybridized carbons (Fsp3) is 0.364. The molecule has 15 heavy (non-hydrogen) atoms. The molecule has 4 nitrogen and oxygen atoms in total. The predicted molar refractivity (Wildman–Crippen MR) is 60.4 cm³/mol. The summed E-state index contributed by atoms with van der Waals surface area (Å²) >= 11 is 0. The van der Waals surface area contributed by atoms with Gasteiger partial charge in [-0.15, -0.1) is 0 Å². The minimum absolute atomic E-state index is 0.321. The van der Waals surface area contributed by atoms with Gasteiger partial charge in [-0.3, -0.25) is 0 Å². The number of nitrogens with one attached hydrogen (secondary N) is 2. The fourth-order valence-corrected chi connectivity index (χ4v) is 1.31. The minimum atomic E-state index is -0.897. The van der Waals surface area contributed by atoms with Crippen LogP contribution in [0, 0.1) is 0 Å². The second-order valence-electron chi connectivity index (χ2n) is 3.23. The zero-order chi connectivity index (χ0) is 11.1. The largest absolute Gasteiger partial charge is 0.478 e. The number of para-hydroxylation sites is 1. The van der Waals surface area contributed by atoms with Gasteiger partial charge in [0.05, 0.1) is 5.56 Å². The number of anilines is 1. The highest BCUT2D eigenvalue weighted by molar-refractivity contribution is 5.94. The maximum Gasteiger partial charge on any atom is 0.337 e. The maximum atomic E-state index is 10.9. The predicted octanol–water partition coefficient (Wildman–Crippen LogP) is 1.41. The van der Waals surface area contributed by atoms with Gasteiger partial charge in [0.2, 0.25) is 0 Å². The molecule has 0 bridgehead atoms. The van der Waals surface area contributed by atoms with Crippen molar-refractivity contribution in [2.45, 2.75) is 6.42 Å². The lowest BCUT2D eigenvalue weighted by Crippen LogP contribution is -2.14. The monoisotopic (exact) mass is 208 g/mol. The van der Waals surface area contributed by atoms with E-state index >= 15 is 0 Å². The van der Waals surface area contributed by atoms with Gasteiger partial charge in [-0.25, -0.2) is 4.79 Å². The first-order valence-corrected chi connectivity index (χ1v) is 4.96. The van der Waals surface area contributed by atoms with Crippen molar-refractivity contribution in [3.05, 3.63) is 29.8 Å². The molecule has 1 aromatic rings. The summed E-state index contributed by atoms with van der Waals surface area (Å²) in [5, 5.41) is 15.1. The molecule has 0 spiro atoms. The van der Waals surface area contributed by atoms with Crippen LogP contribution >= 0.6 is 0 Å². The van der Waals surface area contributed by atoms with Crippen molar-refractivity contribution in [1.82, 2.24) is 5.32 Å². The van der Waals surface area contributed by atoms with Crippen LogP contribution < -0.4 is 10.6 Å². The number of hydrogen-bond donors (Lipinski definition) is 3. The zero-order valence-electron chi connectivity index (χ0n) is 8.79. The number of aromatic carboxylic acids is 1. The molecular formula is C11H16N2O2. The summed E-state index contributed by atoms with van der Waals surface area (Å²) in [5.41, 5.74) is 1.00. The van der Waals surface area contributed by atoms with Crippen molar-refractivity contribution >= 4 is 11.7 Å². The summed E-state index contributed by atoms with van der Waals surface area (Å²) in [6.07, 6.45) is 0.963. The SMILES string of the molecule is CNCCCNc1ccccc1C(=O)O. The van der Waals surface area contributed by atoms with E-state index in [1.54, 1.807) is 18.2 Å². The van der Waals surface area contributed by atoms with Gasteiger partial charge in [-0.1, -0.05) is 12.1 Å². The van der Waals surface area contributed by atoms with Crippen LogP contribution in [0.3, 0.4) is 0 Å². The Labute approximate surface area is 89.3 Å². The summed E-state index contributed by atoms with van der Waals surface area (Å²) in [6, 6.07) is 6.93. The van der Waals surface area contributed by atoms with Crippen molar-refractivity contribution in [1.29, 1.82) is 0 Å². The van der Waals surface area contributed by atoms with Crippen LogP contribution in [-0.4, -0.2) is 31.2 Å². The van der Waals surface area contributed by atoms with E-state index in [2.05, 4.69) is 10.6 Å². The highest BCUT2D eigenvalue weighted by Gasteiger charge is 2.07. The van der Waals surface area contributed by atoms with Gasteiger partial charge < -0.3 is 15.7 Å². The Morgan fingerprint density at radius 1 is 1.33 bits per heavy atom. The summed E-state index contributed by atoms with van der Waals surface area (Å²) in [4.78, 5) is 10.9. The third-order valence-corrected chi connectivity index (χ3v) is 2.08. The van der Waals surface area contributed by atoms with E-state index in [0.717, 1.165) is 19.5 Å². The third kappa shape index (κ3) is 3.59. The topological polar surface area (TPSA) is 61.4 Å². The lowest BCUT2D eigenvalue weighted by Gasteiger charge is -2.08. The number of benzene rings is 1. The van der Waals surface area contributed by atoms with Crippen LogP contribution in [0.5, 0.6) is 0 Å². The smallest absolute Gasteiger partial charge is 0.337 e. The highest BCUT2D eigenvalue weighted by Crippen LogP contribution is 2.14. The Morgan fingerprint density at radius 3 is 2.73 bits per heavy atom. The van der Waals surface area contributed by atoms with E-state index < -0.39 is 5.97 Å². The average Bonchev–Trinajstić information content (AvgIpc) is 2.25. The van der Waals surface area contributed by atoms with Crippen LogP contribution in [0.25, 0.3) is 0 Å². The van der Waals surface area contributed by atoms with Crippen LogP contribution in [0.15, 0.2) is 24.3 Å². The van der Waals surface area contributed by atoms with E-state index in [-0.39, 0.29) is 0 Å². The van der Waals surface area contributed by atoms with Gasteiger partial charge in [0, 0.05) is 12.2 Å². The molecule has 0 radical (unpaired) electrons. The number of rotatable bonds is 6. The summed E-state index contributed by atoms with van der Waals surface area (Å²) in [6.45, 7) is 1.69. The molecule has 82 valence electrons. The highest BCUT2D eigenvalue weighted by atomic mass is 16.4. The summed E-state index contributed by atoms with van der Waals surface area (Å²) in [5.74, 6) is -0.897. The van der Waals surface area contributed by atoms with E-state index in [1.807, 2.05) is 13.1 Å². The van der Waals surface area contributed by atoms with Gasteiger partial charge in [0.15, 0.2) is 0 Å². The Balaban J connectivity index is 2.56. The van der Waals surface area contributed by atoms with Crippen molar-refractivity contribution in [2.75, 3.05) is 25.5 Å². The molecule has 0 atom stereocenters. The molecule has 0 aliphatic heterocycles. The van der Waals surface area contributed by atoms with E-state index in [0.29, 0.717) is 11.3 Å². The van der Waals surface area contributed by atoms with Gasteiger partial charge in [0.1, 0.15) is 0 Å². The molecular weight excluding hydrogens is 192 g/mol. The standard InChI is InChI=1S/C11H16N2O2/c1-12-7-4-8-13-10-6-3-2-5-9(10)11(14)15/h2-3,5-6,12-13H,4,7-8H2,1H3,(H,14,15). The molecule has 0 saturated carbocycles. The summed E-state index contributed by atoms with van der Waals surface area (Å²) < 4.78 is 0. The number of carboxylic acid groups (broad SMARTS) is 1. The van der Waals surface area contributed by atoms with Gasteiger partial charge >= 0.3 is 5.97 Å². The van der Waals surface area contributed by atoms with Crippen molar-refractivity contribution < 1.29 is 9.90 Å². The molecule has 0 heterocycles. The van der Waals surface area contributed by atoms with E-state index in [1.165, 1.54) is 0 Å². The lowest BCUT2D eigenvalue weighted by atomic mass is 10.2. The molecule has 0 unspecified atom stereocenters. The molecule has 1 aromatic carbocycles. The van der Waals surface area contributed by atoms with Crippen LogP contribution in [0.4, 0.5) is 5.69 Å². The molecule has 1 rings (SSSR count). The van der Waals surface area contributed by atoms with E-state index in [9.17, 15) is 4.79 Å². The number of hydrogen-bond acceptors (Lipinski definition) is 3. The van der Waals surface area contributed by atoms with Crippen molar-refractivity contribution in [3.8, 4) is 0 Å². The molecule has 0 amide bonds. The first-order valence-electron chi connectivity index (χ1n) is 4.96. The normalized spacial score (nSPS) is 9.93. The molecule has 4 heteroatoms. The number of carboxylic acids is 1. The molecule has 0 aromatic heterocycles. The van der Waals surface area contributed by atoms with E-state index in [4.69, 9.17) is 5.11 Å². The van der Waals surface area contributed by atoms with Crippen molar-refractivity contribution in [2.24, 2.45) is 0 Å². The van der Waals surface area contributed by atoms with Gasteiger partial charge in [0.25, 0.3) is 0 Å². The maximum absolute atomic E-state index is 10.9. The molecule has 0 saturated heterocycles. The Bertz CT molecular complexity index is 326. The van der Waals surface area contributed by atoms with Crippen LogP contribution in [0.2, 0.25) is 0 Å². The zero-order valence-corrected chi connectivity index (χ0v) is 8.79. The Hall–Kier alpha value is -1.55. The van der Waals surface area contributed by atoms with Gasteiger partial charge in [-0.05, 0) is 32.1 Å². The fourth-order valence-electron chi connectivity index (χ4n) is 1.31. The quantitative estimate of drug-likeness (QED) is 0.618. The average molecular weight is 208 g/mol. The molecule has 3 N–H and O–H groups in total. The first-order chi connectivity index (χ1) is 7.25. The molecule has 0 fully saturated rings. The van der Waals surface area contributed by atoms with Gasteiger partial charge in [-0.2, -0.15) is 0 Å². The Kier molecular flexibility index (Phi) is 4.63. The molecule has 0 aliphatic carbocycles. The third-order valence-electron chi connectivity index (χ3n) is 2.08. The first kappa shape index (κ1) is 11.5. The number of carbonyl (C=O) groups is 1. The second-order valence-corrected chi connectivity index (χ2v) is 3.23. The Morgan fingerprint density at radius 2 is 2.07 bits per heavy atom.